The van der Waals surface area contributed by atoms with Gasteiger partial charge >= 0.3 is 0 Å². The first-order valence-corrected chi connectivity index (χ1v) is 8.96. The van der Waals surface area contributed by atoms with E-state index in [0.717, 1.165) is 47.8 Å². The maximum atomic E-state index is 5.59. The third-order valence-electron chi connectivity index (χ3n) is 4.62. The molecule has 1 aromatic carbocycles. The van der Waals surface area contributed by atoms with Crippen LogP contribution in [0.1, 0.15) is 18.1 Å². The first kappa shape index (κ1) is 16.7. The van der Waals surface area contributed by atoms with Crippen LogP contribution < -0.4 is 10.2 Å². The Labute approximate surface area is 153 Å². The van der Waals surface area contributed by atoms with E-state index in [9.17, 15) is 0 Å². The van der Waals surface area contributed by atoms with Crippen molar-refractivity contribution in [1.29, 1.82) is 0 Å². The molecule has 1 fully saturated rings. The van der Waals surface area contributed by atoms with Crippen molar-refractivity contribution >= 4 is 22.5 Å². The summed E-state index contributed by atoms with van der Waals surface area (Å²) in [5.41, 5.74) is 3.26. The highest BCUT2D eigenvalue weighted by atomic mass is 16.5. The topological polar surface area (TPSA) is 63.2 Å². The van der Waals surface area contributed by atoms with E-state index in [1.165, 1.54) is 5.56 Å². The lowest BCUT2D eigenvalue weighted by Gasteiger charge is -2.32. The van der Waals surface area contributed by atoms with E-state index >= 15 is 0 Å². The molecule has 4 rings (SSSR count). The number of morpholine rings is 1. The quantitative estimate of drug-likeness (QED) is 0.781. The van der Waals surface area contributed by atoms with Crippen LogP contribution in [0.4, 0.5) is 11.6 Å². The van der Waals surface area contributed by atoms with Crippen molar-refractivity contribution < 1.29 is 4.74 Å². The molecule has 3 heterocycles. The molecular weight excluding hydrogens is 326 g/mol. The van der Waals surface area contributed by atoms with Gasteiger partial charge in [0.05, 0.1) is 18.2 Å². The number of hydrogen-bond donors (Lipinski definition) is 1. The van der Waals surface area contributed by atoms with Crippen LogP contribution in [0.25, 0.3) is 10.9 Å². The van der Waals surface area contributed by atoms with E-state index in [4.69, 9.17) is 4.74 Å². The van der Waals surface area contributed by atoms with Gasteiger partial charge in [0.2, 0.25) is 0 Å². The minimum atomic E-state index is 0.251. The van der Waals surface area contributed by atoms with Crippen LogP contribution in [-0.2, 0) is 11.3 Å². The Morgan fingerprint density at radius 3 is 2.92 bits per heavy atom. The Kier molecular flexibility index (Phi) is 4.67. The number of pyridine rings is 1. The molecule has 1 aliphatic heterocycles. The molecule has 1 atom stereocenters. The van der Waals surface area contributed by atoms with Crippen LogP contribution in [0.5, 0.6) is 0 Å². The molecule has 1 aliphatic rings. The number of rotatable bonds is 4. The van der Waals surface area contributed by atoms with E-state index < -0.39 is 0 Å². The standard InChI is InChI=1S/C20H23N5O/c1-14-3-5-18-17(9-14)20(24-13-23-18)22-11-16-4-6-19(21-10-16)25-7-8-26-15(2)12-25/h3-6,9-10,13,15H,7-8,11-12H2,1-2H3,(H,22,23,24). The lowest BCUT2D eigenvalue weighted by Crippen LogP contribution is -2.41. The van der Waals surface area contributed by atoms with Gasteiger partial charge in [-0.1, -0.05) is 17.7 Å². The highest BCUT2D eigenvalue weighted by Gasteiger charge is 2.17. The average Bonchev–Trinajstić information content (AvgIpc) is 2.67. The van der Waals surface area contributed by atoms with Gasteiger partial charge in [-0.2, -0.15) is 0 Å². The van der Waals surface area contributed by atoms with E-state index in [1.54, 1.807) is 6.33 Å². The number of aromatic nitrogens is 3. The fourth-order valence-corrected chi connectivity index (χ4v) is 3.23. The van der Waals surface area contributed by atoms with E-state index in [2.05, 4.69) is 63.3 Å². The number of hydrogen-bond acceptors (Lipinski definition) is 6. The van der Waals surface area contributed by atoms with E-state index in [1.807, 2.05) is 12.3 Å². The summed E-state index contributed by atoms with van der Waals surface area (Å²) in [4.78, 5) is 15.6. The minimum absolute atomic E-state index is 0.251. The molecule has 6 heteroatoms. The molecule has 6 nitrogen and oxygen atoms in total. The number of anilines is 2. The molecule has 0 bridgehead atoms. The number of aryl methyl sites for hydroxylation is 1. The number of benzene rings is 1. The van der Waals surface area contributed by atoms with Gasteiger partial charge in [-0.3, -0.25) is 0 Å². The van der Waals surface area contributed by atoms with Crippen molar-refractivity contribution in [1.82, 2.24) is 15.0 Å². The third-order valence-corrected chi connectivity index (χ3v) is 4.62. The zero-order valence-corrected chi connectivity index (χ0v) is 15.1. The fourth-order valence-electron chi connectivity index (χ4n) is 3.23. The summed E-state index contributed by atoms with van der Waals surface area (Å²) in [5.74, 6) is 1.86. The fraction of sp³-hybridized carbons (Fsp3) is 0.350. The average molecular weight is 349 g/mol. The zero-order valence-electron chi connectivity index (χ0n) is 15.1. The Morgan fingerprint density at radius 2 is 2.12 bits per heavy atom. The number of ether oxygens (including phenoxy) is 1. The molecule has 0 amide bonds. The van der Waals surface area contributed by atoms with Gasteiger partial charge in [0.1, 0.15) is 18.0 Å². The number of nitrogens with one attached hydrogen (secondary N) is 1. The largest absolute Gasteiger partial charge is 0.375 e. The molecule has 0 spiro atoms. The SMILES string of the molecule is Cc1ccc2ncnc(NCc3ccc(N4CCOC(C)C4)nc3)c2c1. The van der Waals surface area contributed by atoms with Crippen molar-refractivity contribution in [2.45, 2.75) is 26.5 Å². The van der Waals surface area contributed by atoms with Crippen molar-refractivity contribution in [2.24, 2.45) is 0 Å². The first-order chi connectivity index (χ1) is 12.7. The second-order valence-electron chi connectivity index (χ2n) is 6.75. The summed E-state index contributed by atoms with van der Waals surface area (Å²) in [6.45, 7) is 7.38. The third kappa shape index (κ3) is 3.60. The van der Waals surface area contributed by atoms with Crippen LogP contribution in [0.3, 0.4) is 0 Å². The number of nitrogens with zero attached hydrogens (tertiary/aromatic N) is 4. The predicted octanol–water partition coefficient (Wildman–Crippen LogP) is 3.17. The van der Waals surface area contributed by atoms with Gasteiger partial charge in [0.25, 0.3) is 0 Å². The first-order valence-electron chi connectivity index (χ1n) is 8.96. The van der Waals surface area contributed by atoms with Crippen molar-refractivity contribution in [3.05, 3.63) is 54.0 Å². The molecule has 1 saturated heterocycles. The normalized spacial score (nSPS) is 17.5. The highest BCUT2D eigenvalue weighted by Crippen LogP contribution is 2.21. The van der Waals surface area contributed by atoms with Crippen LogP contribution >= 0.6 is 0 Å². The summed E-state index contributed by atoms with van der Waals surface area (Å²) in [7, 11) is 0. The Morgan fingerprint density at radius 1 is 1.19 bits per heavy atom. The van der Waals surface area contributed by atoms with Gasteiger partial charge in [0.15, 0.2) is 0 Å². The molecule has 134 valence electrons. The summed E-state index contributed by atoms with van der Waals surface area (Å²) in [6.07, 6.45) is 3.78. The summed E-state index contributed by atoms with van der Waals surface area (Å²) >= 11 is 0. The van der Waals surface area contributed by atoms with Gasteiger partial charge in [-0.15, -0.1) is 0 Å². The highest BCUT2D eigenvalue weighted by molar-refractivity contribution is 5.89. The summed E-state index contributed by atoms with van der Waals surface area (Å²) in [5, 5.41) is 4.45. The molecule has 0 saturated carbocycles. The number of fused-ring (bicyclic) bond motifs is 1. The molecular formula is C20H23N5O. The van der Waals surface area contributed by atoms with Crippen LogP contribution in [0, 0.1) is 6.92 Å². The second-order valence-corrected chi connectivity index (χ2v) is 6.75. The molecule has 1 N–H and O–H groups in total. The van der Waals surface area contributed by atoms with Crippen molar-refractivity contribution in [3.63, 3.8) is 0 Å². The molecule has 3 aromatic rings. The molecule has 0 radical (unpaired) electrons. The summed E-state index contributed by atoms with van der Waals surface area (Å²) in [6, 6.07) is 10.4. The van der Waals surface area contributed by atoms with Gasteiger partial charge in [-0.05, 0) is 37.6 Å². The second kappa shape index (κ2) is 7.25. The van der Waals surface area contributed by atoms with E-state index in [-0.39, 0.29) is 6.10 Å². The Balaban J connectivity index is 1.46. The van der Waals surface area contributed by atoms with Gasteiger partial charge in [-0.25, -0.2) is 15.0 Å². The zero-order chi connectivity index (χ0) is 17.9. The minimum Gasteiger partial charge on any atom is -0.375 e. The molecule has 2 aromatic heterocycles. The van der Waals surface area contributed by atoms with Crippen molar-refractivity contribution in [3.8, 4) is 0 Å². The Hall–Kier alpha value is -2.73. The smallest absolute Gasteiger partial charge is 0.137 e. The monoisotopic (exact) mass is 349 g/mol. The van der Waals surface area contributed by atoms with E-state index in [0.29, 0.717) is 6.54 Å². The maximum absolute atomic E-state index is 5.59. The molecule has 1 unspecified atom stereocenters. The molecule has 0 aliphatic carbocycles. The lowest BCUT2D eigenvalue weighted by molar-refractivity contribution is 0.0529. The van der Waals surface area contributed by atoms with Crippen LogP contribution in [0.2, 0.25) is 0 Å². The van der Waals surface area contributed by atoms with Crippen molar-refractivity contribution in [2.75, 3.05) is 29.9 Å². The van der Waals surface area contributed by atoms with Gasteiger partial charge < -0.3 is 15.0 Å². The molecule has 26 heavy (non-hydrogen) atoms. The Bertz CT molecular complexity index is 896. The predicted molar refractivity (Wildman–Crippen MR) is 103 cm³/mol. The van der Waals surface area contributed by atoms with Gasteiger partial charge in [0, 0.05) is 31.2 Å². The maximum Gasteiger partial charge on any atom is 0.137 e. The summed E-state index contributed by atoms with van der Waals surface area (Å²) < 4.78 is 5.59. The van der Waals surface area contributed by atoms with Crippen LogP contribution in [0.15, 0.2) is 42.9 Å². The lowest BCUT2D eigenvalue weighted by atomic mass is 10.1. The van der Waals surface area contributed by atoms with Crippen LogP contribution in [-0.4, -0.2) is 40.8 Å².